The van der Waals surface area contributed by atoms with Gasteiger partial charge in [0.15, 0.2) is 5.60 Å². The van der Waals surface area contributed by atoms with Crippen LogP contribution < -0.4 is 0 Å². The van der Waals surface area contributed by atoms with Crippen molar-refractivity contribution in [1.82, 2.24) is 20.1 Å². The molecular formula is C28H26N4O2. The third-order valence-corrected chi connectivity index (χ3v) is 6.75. The topological polar surface area (TPSA) is 87.8 Å². The molecule has 1 aliphatic carbocycles. The van der Waals surface area contributed by atoms with Gasteiger partial charge in [0.05, 0.1) is 22.4 Å². The average Bonchev–Trinajstić information content (AvgIpc) is 3.52. The Kier molecular flexibility index (Phi) is 4.67. The smallest absolute Gasteiger partial charge is 0.159 e. The highest BCUT2D eigenvalue weighted by Crippen LogP contribution is 2.44. The summed E-state index contributed by atoms with van der Waals surface area (Å²) in [6, 6.07) is 17.7. The lowest BCUT2D eigenvalue weighted by Crippen LogP contribution is -2.30. The number of H-pyrrole nitrogens is 1. The van der Waals surface area contributed by atoms with Crippen molar-refractivity contribution >= 4 is 11.0 Å². The van der Waals surface area contributed by atoms with E-state index in [1.54, 1.807) is 6.20 Å². The molecule has 1 unspecified atom stereocenters. The summed E-state index contributed by atoms with van der Waals surface area (Å²) in [5.74, 6) is 2.16. The number of rotatable bonds is 5. The number of nitrogens with zero attached hydrogens (tertiary/aromatic N) is 3. The van der Waals surface area contributed by atoms with Gasteiger partial charge in [-0.3, -0.25) is 4.98 Å². The molecule has 34 heavy (non-hydrogen) atoms. The number of hydrogen-bond acceptors (Lipinski definition) is 5. The van der Waals surface area contributed by atoms with Gasteiger partial charge in [0, 0.05) is 23.2 Å². The second-order valence-electron chi connectivity index (χ2n) is 9.31. The number of aromatic nitrogens is 4. The first kappa shape index (κ1) is 20.8. The molecule has 1 aliphatic rings. The van der Waals surface area contributed by atoms with Crippen LogP contribution in [-0.2, 0) is 5.60 Å². The molecule has 0 radical (unpaired) electrons. The summed E-state index contributed by atoms with van der Waals surface area (Å²) >= 11 is 0. The summed E-state index contributed by atoms with van der Waals surface area (Å²) in [6.07, 6.45) is 3.98. The van der Waals surface area contributed by atoms with E-state index in [2.05, 4.69) is 21.2 Å². The van der Waals surface area contributed by atoms with E-state index < -0.39 is 5.60 Å². The SMILES string of the molecule is Cc1cccc(C(O)(c2ccccn2)c2cc(-c3c(C)noc3C)cc3[nH]c(C4CC4)nc23)c1. The van der Waals surface area contributed by atoms with E-state index in [1.165, 1.54) is 0 Å². The molecule has 0 spiro atoms. The maximum Gasteiger partial charge on any atom is 0.159 e. The number of aliphatic hydroxyl groups is 1. The molecule has 1 atom stereocenters. The third-order valence-electron chi connectivity index (χ3n) is 6.75. The lowest BCUT2D eigenvalue weighted by Gasteiger charge is -2.30. The summed E-state index contributed by atoms with van der Waals surface area (Å²) in [5, 5.41) is 16.8. The molecule has 170 valence electrons. The number of pyridine rings is 1. The Labute approximate surface area is 197 Å². The van der Waals surface area contributed by atoms with E-state index in [4.69, 9.17) is 9.51 Å². The predicted octanol–water partition coefficient (Wildman–Crippen LogP) is 5.70. The molecule has 6 heteroatoms. The number of benzene rings is 2. The minimum atomic E-state index is -1.50. The van der Waals surface area contributed by atoms with Crippen LogP contribution in [0.3, 0.4) is 0 Å². The Morgan fingerprint density at radius 1 is 1.03 bits per heavy atom. The van der Waals surface area contributed by atoms with Crippen LogP contribution in [0.25, 0.3) is 22.2 Å². The van der Waals surface area contributed by atoms with Crippen LogP contribution in [0.4, 0.5) is 0 Å². The maximum absolute atomic E-state index is 12.6. The van der Waals surface area contributed by atoms with Crippen LogP contribution in [-0.4, -0.2) is 25.2 Å². The van der Waals surface area contributed by atoms with E-state index in [-0.39, 0.29) is 0 Å². The molecule has 5 aromatic rings. The van der Waals surface area contributed by atoms with Crippen molar-refractivity contribution in [3.63, 3.8) is 0 Å². The van der Waals surface area contributed by atoms with Crippen LogP contribution in [0.15, 0.2) is 65.3 Å². The molecule has 2 aromatic carbocycles. The van der Waals surface area contributed by atoms with Crippen LogP contribution in [0.5, 0.6) is 0 Å². The largest absolute Gasteiger partial charge is 0.374 e. The molecule has 0 bridgehead atoms. The highest BCUT2D eigenvalue weighted by molar-refractivity contribution is 5.88. The fraction of sp³-hybridized carbons (Fsp3) is 0.250. The van der Waals surface area contributed by atoms with E-state index in [9.17, 15) is 5.11 Å². The van der Waals surface area contributed by atoms with Gasteiger partial charge in [-0.05, 0) is 69.0 Å². The van der Waals surface area contributed by atoms with Crippen molar-refractivity contribution in [3.05, 3.63) is 100 Å². The summed E-state index contributed by atoms with van der Waals surface area (Å²) in [5.41, 5.74) is 5.85. The molecule has 0 saturated heterocycles. The van der Waals surface area contributed by atoms with Crippen LogP contribution in [0, 0.1) is 20.8 Å². The van der Waals surface area contributed by atoms with Crippen molar-refractivity contribution in [1.29, 1.82) is 0 Å². The molecular weight excluding hydrogens is 424 g/mol. The second kappa shape index (κ2) is 7.64. The summed E-state index contributed by atoms with van der Waals surface area (Å²) in [4.78, 5) is 13.1. The number of aryl methyl sites for hydroxylation is 3. The maximum atomic E-state index is 12.6. The molecule has 1 fully saturated rings. The standard InChI is InChI=1S/C28H26N4O2/c1-16-7-6-8-21(13-16)28(33,24-9-4-5-12-29-24)22-14-20(25-17(2)32-34-18(25)3)15-23-26(22)31-27(30-23)19-10-11-19/h4-9,12-15,19,33H,10-11H2,1-3H3,(H,30,31). The Balaban J connectivity index is 1.70. The molecule has 1 saturated carbocycles. The average molecular weight is 451 g/mol. The van der Waals surface area contributed by atoms with Crippen molar-refractivity contribution in [2.24, 2.45) is 0 Å². The fourth-order valence-electron chi connectivity index (χ4n) is 4.89. The molecule has 6 rings (SSSR count). The molecule has 0 aliphatic heterocycles. The lowest BCUT2D eigenvalue weighted by molar-refractivity contribution is 0.122. The normalized spacial score (nSPS) is 15.5. The molecule has 2 N–H and O–H groups in total. The molecule has 6 nitrogen and oxygen atoms in total. The van der Waals surface area contributed by atoms with E-state index in [0.29, 0.717) is 17.2 Å². The van der Waals surface area contributed by atoms with Gasteiger partial charge in [-0.2, -0.15) is 0 Å². The van der Waals surface area contributed by atoms with Gasteiger partial charge in [-0.25, -0.2) is 4.98 Å². The van der Waals surface area contributed by atoms with Gasteiger partial charge in [0.1, 0.15) is 11.6 Å². The van der Waals surface area contributed by atoms with Gasteiger partial charge in [-0.1, -0.05) is 41.1 Å². The fourth-order valence-corrected chi connectivity index (χ4v) is 4.89. The number of aromatic amines is 1. The Morgan fingerprint density at radius 3 is 2.56 bits per heavy atom. The highest BCUT2D eigenvalue weighted by Gasteiger charge is 2.39. The summed E-state index contributed by atoms with van der Waals surface area (Å²) in [7, 11) is 0. The number of hydrogen-bond donors (Lipinski definition) is 2. The van der Waals surface area contributed by atoms with Gasteiger partial charge in [0.25, 0.3) is 0 Å². The van der Waals surface area contributed by atoms with Gasteiger partial charge < -0.3 is 14.6 Å². The third kappa shape index (κ3) is 3.25. The van der Waals surface area contributed by atoms with Gasteiger partial charge in [-0.15, -0.1) is 0 Å². The quantitative estimate of drug-likeness (QED) is 0.359. The zero-order valence-electron chi connectivity index (χ0n) is 19.5. The van der Waals surface area contributed by atoms with Crippen LogP contribution >= 0.6 is 0 Å². The van der Waals surface area contributed by atoms with Crippen LogP contribution in [0.2, 0.25) is 0 Å². The van der Waals surface area contributed by atoms with E-state index in [1.807, 2.05) is 69.3 Å². The minimum absolute atomic E-state index is 0.449. The van der Waals surface area contributed by atoms with E-state index >= 15 is 0 Å². The minimum Gasteiger partial charge on any atom is -0.374 e. The van der Waals surface area contributed by atoms with Crippen molar-refractivity contribution in [2.45, 2.75) is 45.1 Å². The van der Waals surface area contributed by atoms with Crippen molar-refractivity contribution in [2.75, 3.05) is 0 Å². The highest BCUT2D eigenvalue weighted by atomic mass is 16.5. The zero-order valence-corrected chi connectivity index (χ0v) is 19.5. The monoisotopic (exact) mass is 450 g/mol. The van der Waals surface area contributed by atoms with Crippen LogP contribution in [0.1, 0.15) is 58.4 Å². The number of imidazole rings is 1. The summed E-state index contributed by atoms with van der Waals surface area (Å²) < 4.78 is 5.48. The Morgan fingerprint density at radius 2 is 1.88 bits per heavy atom. The molecule has 3 aromatic heterocycles. The molecule has 0 amide bonds. The summed E-state index contributed by atoms with van der Waals surface area (Å²) in [6.45, 7) is 5.87. The first-order valence-electron chi connectivity index (χ1n) is 11.6. The lowest BCUT2D eigenvalue weighted by atomic mass is 9.80. The first-order valence-corrected chi connectivity index (χ1v) is 11.6. The van der Waals surface area contributed by atoms with E-state index in [0.717, 1.165) is 63.4 Å². The Bertz CT molecular complexity index is 1500. The predicted molar refractivity (Wildman–Crippen MR) is 131 cm³/mol. The van der Waals surface area contributed by atoms with Crippen molar-refractivity contribution < 1.29 is 9.63 Å². The Hall–Kier alpha value is -3.77. The van der Waals surface area contributed by atoms with Gasteiger partial charge in [0.2, 0.25) is 0 Å². The number of nitrogens with one attached hydrogen (secondary N) is 1. The van der Waals surface area contributed by atoms with Crippen molar-refractivity contribution in [3.8, 4) is 11.1 Å². The molecule has 3 heterocycles. The second-order valence-corrected chi connectivity index (χ2v) is 9.31. The van der Waals surface area contributed by atoms with Gasteiger partial charge >= 0.3 is 0 Å². The zero-order chi connectivity index (χ0) is 23.4. The number of fused-ring (bicyclic) bond motifs is 1. The first-order chi connectivity index (χ1) is 16.4.